The van der Waals surface area contributed by atoms with Gasteiger partial charge in [0, 0.05) is 5.02 Å². The monoisotopic (exact) mass is 504 g/mol. The molecule has 184 valence electrons. The van der Waals surface area contributed by atoms with E-state index in [1.54, 1.807) is 60.7 Å². The Morgan fingerprint density at radius 1 is 0.861 bits per heavy atom. The molecule has 3 aromatic rings. The van der Waals surface area contributed by atoms with E-state index in [1.807, 2.05) is 12.1 Å². The van der Waals surface area contributed by atoms with E-state index in [2.05, 4.69) is 12.2 Å². The van der Waals surface area contributed by atoms with Crippen molar-refractivity contribution >= 4 is 41.2 Å². The number of amides is 4. The fourth-order valence-electron chi connectivity index (χ4n) is 3.49. The molecular weight excluding hydrogens is 480 g/mol. The highest BCUT2D eigenvalue weighted by Crippen LogP contribution is 2.25. The molecule has 1 N–H and O–H groups in total. The summed E-state index contributed by atoms with van der Waals surface area (Å²) in [6, 6.07) is 20.1. The summed E-state index contributed by atoms with van der Waals surface area (Å²) in [7, 11) is 0. The van der Waals surface area contributed by atoms with E-state index in [9.17, 15) is 14.4 Å². The molecule has 0 bridgehead atoms. The Bertz CT molecular complexity index is 1270. The van der Waals surface area contributed by atoms with Crippen molar-refractivity contribution in [2.45, 2.75) is 26.4 Å². The highest BCUT2D eigenvalue weighted by atomic mass is 35.5. The maximum Gasteiger partial charge on any atom is 0.335 e. The van der Waals surface area contributed by atoms with Gasteiger partial charge in [-0.2, -0.15) is 0 Å². The van der Waals surface area contributed by atoms with Gasteiger partial charge in [-0.1, -0.05) is 49.2 Å². The molecule has 0 unspecified atom stereocenters. The summed E-state index contributed by atoms with van der Waals surface area (Å²) in [5, 5.41) is 2.89. The van der Waals surface area contributed by atoms with Gasteiger partial charge in [0.05, 0.1) is 12.3 Å². The molecule has 7 nitrogen and oxygen atoms in total. The zero-order chi connectivity index (χ0) is 25.5. The zero-order valence-electron chi connectivity index (χ0n) is 19.7. The molecule has 8 heteroatoms. The number of nitrogens with zero attached hydrogens (tertiary/aromatic N) is 1. The topological polar surface area (TPSA) is 84.9 Å². The van der Waals surface area contributed by atoms with Gasteiger partial charge >= 0.3 is 6.03 Å². The van der Waals surface area contributed by atoms with Crippen molar-refractivity contribution < 1.29 is 23.9 Å². The minimum atomic E-state index is -0.798. The van der Waals surface area contributed by atoms with E-state index in [4.69, 9.17) is 21.1 Å². The number of imide groups is 2. The number of halogens is 1. The number of hydrogen-bond donors (Lipinski definition) is 1. The first-order chi connectivity index (χ1) is 17.4. The predicted octanol–water partition coefficient (Wildman–Crippen LogP) is 5.76. The van der Waals surface area contributed by atoms with Crippen LogP contribution in [0.5, 0.6) is 11.5 Å². The Hall–Kier alpha value is -4.10. The molecule has 1 fully saturated rings. The predicted molar refractivity (Wildman–Crippen MR) is 138 cm³/mol. The highest BCUT2D eigenvalue weighted by Gasteiger charge is 2.36. The van der Waals surface area contributed by atoms with Gasteiger partial charge in [0.15, 0.2) is 0 Å². The number of carbonyl (C=O) groups is 3. The largest absolute Gasteiger partial charge is 0.494 e. The Morgan fingerprint density at radius 3 is 2.17 bits per heavy atom. The van der Waals surface area contributed by atoms with Crippen molar-refractivity contribution in [2.75, 3.05) is 11.5 Å². The van der Waals surface area contributed by atoms with Crippen molar-refractivity contribution in [2.24, 2.45) is 0 Å². The second-order valence-electron chi connectivity index (χ2n) is 8.14. The second kappa shape index (κ2) is 11.6. The molecule has 4 amide bonds. The molecule has 36 heavy (non-hydrogen) atoms. The van der Waals surface area contributed by atoms with Crippen molar-refractivity contribution in [3.8, 4) is 11.5 Å². The third kappa shape index (κ3) is 6.12. The summed E-state index contributed by atoms with van der Waals surface area (Å²) >= 11 is 5.90. The van der Waals surface area contributed by atoms with E-state index in [1.165, 1.54) is 6.08 Å². The molecule has 3 aromatic carbocycles. The number of anilines is 1. The zero-order valence-corrected chi connectivity index (χ0v) is 20.5. The first-order valence-electron chi connectivity index (χ1n) is 11.6. The normalized spacial score (nSPS) is 14.7. The fraction of sp³-hybridized carbons (Fsp3) is 0.179. The van der Waals surface area contributed by atoms with E-state index < -0.39 is 17.8 Å². The number of benzene rings is 3. The third-order valence-electron chi connectivity index (χ3n) is 5.47. The van der Waals surface area contributed by atoms with Crippen molar-refractivity contribution in [1.29, 1.82) is 0 Å². The number of rotatable bonds is 9. The SMILES string of the molecule is CCCCOc1ccc(N2C(=O)NC(=O)/C(=C/c3ccc(OCc4ccc(Cl)cc4)cc3)C2=O)cc1. The van der Waals surface area contributed by atoms with Crippen molar-refractivity contribution in [3.63, 3.8) is 0 Å². The Balaban J connectivity index is 1.46. The molecular formula is C28H25ClN2O5. The third-order valence-corrected chi connectivity index (χ3v) is 5.73. The lowest BCUT2D eigenvalue weighted by molar-refractivity contribution is -0.122. The lowest BCUT2D eigenvalue weighted by atomic mass is 10.1. The van der Waals surface area contributed by atoms with Crippen LogP contribution in [0.1, 0.15) is 30.9 Å². The molecule has 1 aliphatic heterocycles. The summed E-state index contributed by atoms with van der Waals surface area (Å²) in [5.41, 5.74) is 1.78. The summed E-state index contributed by atoms with van der Waals surface area (Å²) in [5.74, 6) is -0.179. The van der Waals surface area contributed by atoms with Crippen molar-refractivity contribution in [1.82, 2.24) is 5.32 Å². The maximum atomic E-state index is 13.1. The first-order valence-corrected chi connectivity index (χ1v) is 11.9. The van der Waals surface area contributed by atoms with E-state index in [0.717, 1.165) is 23.3 Å². The lowest BCUT2D eigenvalue weighted by Gasteiger charge is -2.26. The summed E-state index contributed by atoms with van der Waals surface area (Å²) in [6.45, 7) is 3.04. The van der Waals surface area contributed by atoms with Crippen LogP contribution in [0.2, 0.25) is 5.02 Å². The molecule has 1 aliphatic rings. The Morgan fingerprint density at radius 2 is 1.50 bits per heavy atom. The number of hydrogen-bond acceptors (Lipinski definition) is 5. The molecule has 0 aliphatic carbocycles. The maximum absolute atomic E-state index is 13.1. The van der Waals surface area contributed by atoms with Gasteiger partial charge in [0.2, 0.25) is 0 Å². The van der Waals surface area contributed by atoms with Gasteiger partial charge in [-0.05, 0) is 72.2 Å². The molecule has 4 rings (SSSR count). The standard InChI is InChI=1S/C28H25ClN2O5/c1-2-3-16-35-23-14-10-22(11-15-23)31-27(33)25(26(32)30-28(31)34)17-19-6-12-24(13-7-19)36-18-20-4-8-21(29)9-5-20/h4-15,17H,2-3,16,18H2,1H3,(H,30,32,34)/b25-17-. The van der Waals surface area contributed by atoms with Gasteiger partial charge in [-0.3, -0.25) is 14.9 Å². The van der Waals surface area contributed by atoms with Crippen LogP contribution in [0.15, 0.2) is 78.4 Å². The first kappa shape index (κ1) is 25.0. The molecule has 1 saturated heterocycles. The van der Waals surface area contributed by atoms with Gasteiger partial charge in [-0.25, -0.2) is 9.69 Å². The number of carbonyl (C=O) groups excluding carboxylic acids is 3. The summed E-state index contributed by atoms with van der Waals surface area (Å²) in [6.07, 6.45) is 3.39. The number of ether oxygens (including phenoxy) is 2. The molecule has 0 radical (unpaired) electrons. The van der Waals surface area contributed by atoms with E-state index in [0.29, 0.717) is 41.0 Å². The van der Waals surface area contributed by atoms with Crippen LogP contribution in [-0.2, 0) is 16.2 Å². The Labute approximate surface area is 214 Å². The van der Waals surface area contributed by atoms with Crippen LogP contribution < -0.4 is 19.7 Å². The van der Waals surface area contributed by atoms with Gasteiger partial charge in [0.25, 0.3) is 11.8 Å². The summed E-state index contributed by atoms with van der Waals surface area (Å²) < 4.78 is 11.4. The van der Waals surface area contributed by atoms with Crippen LogP contribution in [0.25, 0.3) is 6.08 Å². The van der Waals surface area contributed by atoms with Gasteiger partial charge in [0.1, 0.15) is 23.7 Å². The number of nitrogens with one attached hydrogen (secondary N) is 1. The van der Waals surface area contributed by atoms with Gasteiger partial charge < -0.3 is 9.47 Å². The van der Waals surface area contributed by atoms with E-state index >= 15 is 0 Å². The minimum Gasteiger partial charge on any atom is -0.494 e. The van der Waals surface area contributed by atoms with Crippen molar-refractivity contribution in [3.05, 3.63) is 94.5 Å². The minimum absolute atomic E-state index is 0.146. The van der Waals surface area contributed by atoms with E-state index in [-0.39, 0.29) is 5.57 Å². The lowest BCUT2D eigenvalue weighted by Crippen LogP contribution is -2.54. The second-order valence-corrected chi connectivity index (χ2v) is 8.57. The van der Waals surface area contributed by atoms with Crippen LogP contribution in [0, 0.1) is 0 Å². The average molecular weight is 505 g/mol. The Kier molecular flexibility index (Phi) is 8.02. The molecule has 1 heterocycles. The van der Waals surface area contributed by atoms with Crippen LogP contribution in [0.3, 0.4) is 0 Å². The van der Waals surface area contributed by atoms with Crippen LogP contribution in [0.4, 0.5) is 10.5 Å². The van der Waals surface area contributed by atoms with Crippen LogP contribution in [-0.4, -0.2) is 24.5 Å². The number of unbranched alkanes of at least 4 members (excludes halogenated alkanes) is 1. The highest BCUT2D eigenvalue weighted by molar-refractivity contribution is 6.39. The fourth-order valence-corrected chi connectivity index (χ4v) is 3.62. The molecule has 0 spiro atoms. The quantitative estimate of drug-likeness (QED) is 0.227. The van der Waals surface area contributed by atoms with Gasteiger partial charge in [-0.15, -0.1) is 0 Å². The molecule has 0 atom stereocenters. The summed E-state index contributed by atoms with van der Waals surface area (Å²) in [4.78, 5) is 38.9. The smallest absolute Gasteiger partial charge is 0.335 e. The average Bonchev–Trinajstić information content (AvgIpc) is 2.88. The molecule has 0 saturated carbocycles. The van der Waals surface area contributed by atoms with Crippen LogP contribution >= 0.6 is 11.6 Å². The molecule has 0 aromatic heterocycles. The number of urea groups is 1. The number of barbiturate groups is 1.